The van der Waals surface area contributed by atoms with Crippen LogP contribution < -0.4 is 10.6 Å². The largest absolute Gasteiger partial charge is 0.341 e. The number of carbonyl (C=O) groups is 2. The molecule has 1 aromatic heterocycles. The Morgan fingerprint density at radius 3 is 2.46 bits per heavy atom. The van der Waals surface area contributed by atoms with E-state index in [2.05, 4.69) is 20.8 Å². The molecular weight excluding hydrogens is 381 g/mol. The normalized spacial score (nSPS) is 10.5. The number of nitrogens with zero attached hydrogens (tertiary/aromatic N) is 3. The number of hydrogen-bond acceptors (Lipinski definition) is 5. The van der Waals surface area contributed by atoms with Gasteiger partial charge in [-0.25, -0.2) is 9.18 Å². The van der Waals surface area contributed by atoms with Gasteiger partial charge >= 0.3 is 6.03 Å². The molecule has 7 nitrogen and oxygen atoms in total. The first kappa shape index (κ1) is 19.6. The van der Waals surface area contributed by atoms with Crippen LogP contribution in [0.4, 0.5) is 9.18 Å². The topological polar surface area (TPSA) is 88.9 Å². The van der Waals surface area contributed by atoms with Crippen LogP contribution in [0, 0.1) is 5.82 Å². The van der Waals surface area contributed by atoms with Crippen LogP contribution in [-0.2, 0) is 4.79 Å². The zero-order chi connectivity index (χ0) is 19.9. The Hall–Kier alpha value is -3.20. The number of aromatic nitrogens is 3. The van der Waals surface area contributed by atoms with Gasteiger partial charge in [-0.2, -0.15) is 0 Å². The molecule has 0 aliphatic rings. The van der Waals surface area contributed by atoms with E-state index in [1.807, 2.05) is 34.9 Å². The molecule has 144 valence electrons. The van der Waals surface area contributed by atoms with Gasteiger partial charge in [0.1, 0.15) is 5.82 Å². The highest BCUT2D eigenvalue weighted by Crippen LogP contribution is 2.28. The summed E-state index contributed by atoms with van der Waals surface area (Å²) in [5, 5.41) is 13.6. The first-order valence-electron chi connectivity index (χ1n) is 8.49. The molecular formula is C19H18FN5O2S. The van der Waals surface area contributed by atoms with Crippen molar-refractivity contribution in [2.75, 3.05) is 12.8 Å². The SMILES string of the molecule is CNC(=O)NC(=O)CCSc1nnc(-c2ccccc2)n1-c1ccc(F)cc1. The summed E-state index contributed by atoms with van der Waals surface area (Å²) in [7, 11) is 1.44. The Labute approximate surface area is 165 Å². The van der Waals surface area contributed by atoms with Crippen molar-refractivity contribution < 1.29 is 14.0 Å². The number of thioether (sulfide) groups is 1. The molecule has 0 unspecified atom stereocenters. The Balaban J connectivity index is 1.83. The van der Waals surface area contributed by atoms with E-state index in [4.69, 9.17) is 0 Å². The average molecular weight is 399 g/mol. The minimum absolute atomic E-state index is 0.134. The van der Waals surface area contributed by atoms with E-state index in [1.54, 1.807) is 12.1 Å². The number of amides is 3. The van der Waals surface area contributed by atoms with Gasteiger partial charge in [-0.3, -0.25) is 14.7 Å². The molecule has 3 amide bonds. The Morgan fingerprint density at radius 2 is 1.79 bits per heavy atom. The highest BCUT2D eigenvalue weighted by atomic mass is 32.2. The number of hydrogen-bond donors (Lipinski definition) is 2. The summed E-state index contributed by atoms with van der Waals surface area (Å²) in [5.41, 5.74) is 1.58. The van der Waals surface area contributed by atoms with Crippen molar-refractivity contribution in [1.82, 2.24) is 25.4 Å². The molecule has 0 saturated heterocycles. The van der Waals surface area contributed by atoms with Crippen LogP contribution in [0.2, 0.25) is 0 Å². The van der Waals surface area contributed by atoms with Gasteiger partial charge < -0.3 is 5.32 Å². The predicted octanol–water partition coefficient (Wildman–Crippen LogP) is 3.01. The van der Waals surface area contributed by atoms with E-state index in [1.165, 1.54) is 30.9 Å². The highest BCUT2D eigenvalue weighted by Gasteiger charge is 2.16. The maximum absolute atomic E-state index is 13.4. The van der Waals surface area contributed by atoms with Crippen molar-refractivity contribution >= 4 is 23.7 Å². The van der Waals surface area contributed by atoms with Crippen LogP contribution in [0.5, 0.6) is 0 Å². The third kappa shape index (κ3) is 4.74. The molecule has 1 heterocycles. The van der Waals surface area contributed by atoms with Crippen molar-refractivity contribution in [3.05, 3.63) is 60.4 Å². The van der Waals surface area contributed by atoms with E-state index in [0.29, 0.717) is 22.4 Å². The predicted molar refractivity (Wildman–Crippen MR) is 105 cm³/mol. The number of benzene rings is 2. The summed E-state index contributed by atoms with van der Waals surface area (Å²) in [4.78, 5) is 22.9. The quantitative estimate of drug-likeness (QED) is 0.622. The molecule has 0 fully saturated rings. The Bertz CT molecular complexity index is 960. The number of carbonyl (C=O) groups excluding carboxylic acids is 2. The van der Waals surface area contributed by atoms with Crippen LogP contribution in [-0.4, -0.2) is 39.5 Å². The highest BCUT2D eigenvalue weighted by molar-refractivity contribution is 7.99. The molecule has 3 rings (SSSR count). The monoisotopic (exact) mass is 399 g/mol. The second-order valence-electron chi connectivity index (χ2n) is 5.71. The summed E-state index contributed by atoms with van der Waals surface area (Å²) in [5.74, 6) is 0.294. The average Bonchev–Trinajstić information content (AvgIpc) is 3.13. The minimum atomic E-state index is -0.546. The lowest BCUT2D eigenvalue weighted by atomic mass is 10.2. The molecule has 9 heteroatoms. The zero-order valence-corrected chi connectivity index (χ0v) is 15.9. The van der Waals surface area contributed by atoms with Crippen LogP contribution in [0.25, 0.3) is 17.1 Å². The van der Waals surface area contributed by atoms with E-state index >= 15 is 0 Å². The summed E-state index contributed by atoms with van der Waals surface area (Å²) >= 11 is 1.33. The van der Waals surface area contributed by atoms with Gasteiger partial charge in [0.25, 0.3) is 0 Å². The van der Waals surface area contributed by atoms with Crippen molar-refractivity contribution in [3.63, 3.8) is 0 Å². The number of nitrogens with one attached hydrogen (secondary N) is 2. The van der Waals surface area contributed by atoms with E-state index in [0.717, 1.165) is 5.56 Å². The maximum Gasteiger partial charge on any atom is 0.321 e. The summed E-state index contributed by atoms with van der Waals surface area (Å²) < 4.78 is 15.2. The molecule has 3 aromatic rings. The number of rotatable bonds is 6. The van der Waals surface area contributed by atoms with Gasteiger partial charge in [0, 0.05) is 30.5 Å². The second kappa shape index (κ2) is 9.14. The van der Waals surface area contributed by atoms with Crippen molar-refractivity contribution in [1.29, 1.82) is 0 Å². The van der Waals surface area contributed by atoms with Gasteiger partial charge in [-0.05, 0) is 24.3 Å². The third-order valence-corrected chi connectivity index (χ3v) is 4.72. The van der Waals surface area contributed by atoms with E-state index < -0.39 is 6.03 Å². The first-order valence-corrected chi connectivity index (χ1v) is 9.48. The van der Waals surface area contributed by atoms with Crippen LogP contribution in [0.3, 0.4) is 0 Å². The fourth-order valence-corrected chi connectivity index (χ4v) is 3.34. The summed E-state index contributed by atoms with van der Waals surface area (Å²) in [6.45, 7) is 0. The van der Waals surface area contributed by atoms with Crippen LogP contribution in [0.1, 0.15) is 6.42 Å². The fraction of sp³-hybridized carbons (Fsp3) is 0.158. The zero-order valence-electron chi connectivity index (χ0n) is 15.1. The molecule has 0 radical (unpaired) electrons. The third-order valence-electron chi connectivity index (χ3n) is 3.79. The van der Waals surface area contributed by atoms with Crippen molar-refractivity contribution in [3.8, 4) is 17.1 Å². The molecule has 0 atom stereocenters. The lowest BCUT2D eigenvalue weighted by molar-refractivity contribution is -0.119. The maximum atomic E-state index is 13.4. The van der Waals surface area contributed by atoms with Gasteiger partial charge in [0.05, 0.1) is 0 Å². The van der Waals surface area contributed by atoms with Crippen molar-refractivity contribution in [2.24, 2.45) is 0 Å². The van der Waals surface area contributed by atoms with Gasteiger partial charge in [-0.15, -0.1) is 10.2 Å². The van der Waals surface area contributed by atoms with Gasteiger partial charge in [-0.1, -0.05) is 42.1 Å². The Kier molecular flexibility index (Phi) is 6.38. The number of halogens is 1. The lowest BCUT2D eigenvalue weighted by Gasteiger charge is -2.10. The van der Waals surface area contributed by atoms with Crippen molar-refractivity contribution in [2.45, 2.75) is 11.6 Å². The molecule has 0 saturated carbocycles. The molecule has 0 aliphatic carbocycles. The second-order valence-corrected chi connectivity index (χ2v) is 6.77. The van der Waals surface area contributed by atoms with Gasteiger partial charge in [0.2, 0.25) is 5.91 Å². The van der Waals surface area contributed by atoms with E-state index in [-0.39, 0.29) is 18.1 Å². The number of urea groups is 1. The van der Waals surface area contributed by atoms with Gasteiger partial charge in [0.15, 0.2) is 11.0 Å². The summed E-state index contributed by atoms with van der Waals surface area (Å²) in [6, 6.07) is 15.0. The summed E-state index contributed by atoms with van der Waals surface area (Å²) in [6.07, 6.45) is 0.134. The molecule has 2 N–H and O–H groups in total. The molecule has 2 aromatic carbocycles. The minimum Gasteiger partial charge on any atom is -0.341 e. The van der Waals surface area contributed by atoms with E-state index in [9.17, 15) is 14.0 Å². The number of imide groups is 1. The standard InChI is InChI=1S/C19H18FN5O2S/c1-21-18(27)22-16(26)11-12-28-19-24-23-17(13-5-3-2-4-6-13)25(19)15-9-7-14(20)8-10-15/h2-10H,11-12H2,1H3,(H2,21,22,26,27). The smallest absolute Gasteiger partial charge is 0.321 e. The fourth-order valence-electron chi connectivity index (χ4n) is 2.45. The molecule has 28 heavy (non-hydrogen) atoms. The molecule has 0 spiro atoms. The Morgan fingerprint density at radius 1 is 1.07 bits per heavy atom. The lowest BCUT2D eigenvalue weighted by Crippen LogP contribution is -2.37. The van der Waals surface area contributed by atoms with Crippen LogP contribution in [0.15, 0.2) is 59.8 Å². The molecule has 0 bridgehead atoms. The molecule has 0 aliphatic heterocycles. The first-order chi connectivity index (χ1) is 13.6. The van der Waals surface area contributed by atoms with Crippen LogP contribution >= 0.6 is 11.8 Å².